The molecule has 7 nitrogen and oxygen atoms in total. The summed E-state index contributed by atoms with van der Waals surface area (Å²) in [6, 6.07) is 10.0. The topological polar surface area (TPSA) is 73.8 Å². The van der Waals surface area contributed by atoms with Crippen LogP contribution in [0.3, 0.4) is 0 Å². The molecule has 0 radical (unpaired) electrons. The predicted octanol–water partition coefficient (Wildman–Crippen LogP) is 3.29. The van der Waals surface area contributed by atoms with Crippen LogP contribution in [0, 0.1) is 5.92 Å². The van der Waals surface area contributed by atoms with Crippen LogP contribution < -0.4 is 0 Å². The summed E-state index contributed by atoms with van der Waals surface area (Å²) in [4.78, 5) is 46.6. The molecule has 2 fully saturated rings. The van der Waals surface area contributed by atoms with Gasteiger partial charge in [0.1, 0.15) is 6.54 Å². The molecule has 0 bridgehead atoms. The molecule has 0 atom stereocenters. The van der Waals surface area contributed by atoms with Crippen LogP contribution in [0.1, 0.15) is 48.3 Å². The lowest BCUT2D eigenvalue weighted by molar-refractivity contribution is -0.125. The zero-order valence-corrected chi connectivity index (χ0v) is 17.9. The number of rotatable bonds is 6. The summed E-state index contributed by atoms with van der Waals surface area (Å²) in [5, 5.41) is 0. The molecule has 3 aliphatic rings. The predicted molar refractivity (Wildman–Crippen MR) is 115 cm³/mol. The SMILES string of the molecule is CC(C)CN1C(=O)CN(Cc2ccc(-c3ccc4c(c3)CN(C3CC3)C4=O)cn2)C1=O. The zero-order valence-electron chi connectivity index (χ0n) is 17.9. The molecular weight excluding hydrogens is 392 g/mol. The van der Waals surface area contributed by atoms with Gasteiger partial charge in [-0.15, -0.1) is 0 Å². The highest BCUT2D eigenvalue weighted by Crippen LogP contribution is 2.36. The molecule has 1 aromatic carbocycles. The van der Waals surface area contributed by atoms with Crippen molar-refractivity contribution in [1.29, 1.82) is 0 Å². The standard InChI is InChI=1S/C24H26N4O3/c1-15(2)11-28-22(29)14-26(24(28)31)13-19-5-3-17(10-25-19)16-4-8-21-18(9-16)12-27(23(21)30)20-6-7-20/h3-5,8-10,15,20H,6-7,11-14H2,1-2H3. The summed E-state index contributed by atoms with van der Waals surface area (Å²) >= 11 is 0. The van der Waals surface area contributed by atoms with E-state index in [1.165, 1.54) is 4.90 Å². The van der Waals surface area contributed by atoms with Crippen molar-refractivity contribution in [1.82, 2.24) is 19.7 Å². The largest absolute Gasteiger partial charge is 0.331 e. The number of imide groups is 1. The van der Waals surface area contributed by atoms with Crippen molar-refractivity contribution in [3.8, 4) is 11.1 Å². The van der Waals surface area contributed by atoms with E-state index in [0.29, 0.717) is 25.7 Å². The van der Waals surface area contributed by atoms with E-state index < -0.39 is 0 Å². The summed E-state index contributed by atoms with van der Waals surface area (Å²) in [6.45, 7) is 5.53. The number of amides is 4. The Bertz CT molecular complexity index is 1060. The number of fused-ring (bicyclic) bond motifs is 1. The Morgan fingerprint density at radius 3 is 2.48 bits per heavy atom. The fraction of sp³-hybridized carbons (Fsp3) is 0.417. The minimum absolute atomic E-state index is 0.103. The Balaban J connectivity index is 1.28. The van der Waals surface area contributed by atoms with Crippen LogP contribution in [-0.4, -0.2) is 56.7 Å². The lowest BCUT2D eigenvalue weighted by Gasteiger charge is -2.18. The van der Waals surface area contributed by atoms with Gasteiger partial charge in [0.15, 0.2) is 0 Å². The molecule has 1 aliphatic carbocycles. The molecule has 2 aliphatic heterocycles. The number of urea groups is 1. The van der Waals surface area contributed by atoms with Crippen LogP contribution in [0.25, 0.3) is 11.1 Å². The maximum Gasteiger partial charge on any atom is 0.327 e. The van der Waals surface area contributed by atoms with Gasteiger partial charge in [-0.2, -0.15) is 0 Å². The number of aromatic nitrogens is 1. The molecular formula is C24H26N4O3. The fourth-order valence-electron chi connectivity index (χ4n) is 4.35. The van der Waals surface area contributed by atoms with Gasteiger partial charge >= 0.3 is 6.03 Å². The molecule has 1 saturated carbocycles. The second-order valence-electron chi connectivity index (χ2n) is 9.11. The molecule has 3 heterocycles. The number of carbonyl (C=O) groups excluding carboxylic acids is 3. The second-order valence-corrected chi connectivity index (χ2v) is 9.11. The minimum atomic E-state index is -0.243. The first kappa shape index (κ1) is 19.7. The molecule has 31 heavy (non-hydrogen) atoms. The van der Waals surface area contributed by atoms with Gasteiger partial charge in [0.2, 0.25) is 5.91 Å². The lowest BCUT2D eigenvalue weighted by Crippen LogP contribution is -2.35. The molecule has 0 N–H and O–H groups in total. The Kier molecular flexibility index (Phi) is 4.76. The van der Waals surface area contributed by atoms with E-state index in [9.17, 15) is 14.4 Å². The summed E-state index contributed by atoms with van der Waals surface area (Å²) in [6.07, 6.45) is 4.01. The van der Waals surface area contributed by atoms with Crippen LogP contribution in [0.15, 0.2) is 36.5 Å². The smallest absolute Gasteiger partial charge is 0.327 e. The number of hydrogen-bond acceptors (Lipinski definition) is 4. The highest BCUT2D eigenvalue weighted by Gasteiger charge is 2.38. The van der Waals surface area contributed by atoms with Crippen LogP contribution >= 0.6 is 0 Å². The highest BCUT2D eigenvalue weighted by atomic mass is 16.2. The van der Waals surface area contributed by atoms with Gasteiger partial charge in [-0.1, -0.05) is 26.0 Å². The molecule has 0 unspecified atom stereocenters. The van der Waals surface area contributed by atoms with E-state index in [2.05, 4.69) is 11.1 Å². The molecule has 7 heteroatoms. The minimum Gasteiger partial charge on any atom is -0.331 e. The lowest BCUT2D eigenvalue weighted by atomic mass is 10.0. The third-order valence-electron chi connectivity index (χ3n) is 6.11. The van der Waals surface area contributed by atoms with Gasteiger partial charge in [0, 0.05) is 36.5 Å². The van der Waals surface area contributed by atoms with E-state index in [-0.39, 0.29) is 30.3 Å². The van der Waals surface area contributed by atoms with Gasteiger partial charge < -0.3 is 9.80 Å². The Morgan fingerprint density at radius 2 is 1.81 bits per heavy atom. The first-order valence-electron chi connectivity index (χ1n) is 10.9. The normalized spacial score (nSPS) is 18.5. The van der Waals surface area contributed by atoms with Crippen molar-refractivity contribution in [2.45, 2.75) is 45.8 Å². The Labute approximate surface area is 181 Å². The summed E-state index contributed by atoms with van der Waals surface area (Å²) in [5.74, 6) is 0.237. The van der Waals surface area contributed by atoms with Crippen LogP contribution in [0.5, 0.6) is 0 Å². The number of hydrogen-bond donors (Lipinski definition) is 0. The summed E-state index contributed by atoms with van der Waals surface area (Å²) < 4.78 is 0. The molecule has 0 spiro atoms. The van der Waals surface area contributed by atoms with Crippen LogP contribution in [-0.2, 0) is 17.9 Å². The van der Waals surface area contributed by atoms with Crippen LogP contribution in [0.2, 0.25) is 0 Å². The number of pyridine rings is 1. The van der Waals surface area contributed by atoms with Crippen LogP contribution in [0.4, 0.5) is 4.79 Å². The van der Waals surface area contributed by atoms with Gasteiger partial charge in [0.25, 0.3) is 5.91 Å². The van der Waals surface area contributed by atoms with Crippen molar-refractivity contribution in [2.75, 3.05) is 13.1 Å². The molecule has 4 amide bonds. The third kappa shape index (κ3) is 3.69. The van der Waals surface area contributed by atoms with Crippen molar-refractivity contribution in [3.05, 3.63) is 53.3 Å². The van der Waals surface area contributed by atoms with Crippen molar-refractivity contribution in [2.24, 2.45) is 5.92 Å². The Morgan fingerprint density at radius 1 is 1.03 bits per heavy atom. The molecule has 1 aromatic heterocycles. The number of benzene rings is 1. The van der Waals surface area contributed by atoms with E-state index >= 15 is 0 Å². The van der Waals surface area contributed by atoms with E-state index in [0.717, 1.165) is 40.8 Å². The molecule has 5 rings (SSSR count). The maximum atomic E-state index is 12.5. The summed E-state index contributed by atoms with van der Waals surface area (Å²) in [7, 11) is 0. The van der Waals surface area contributed by atoms with Crippen molar-refractivity contribution < 1.29 is 14.4 Å². The van der Waals surface area contributed by atoms with E-state index in [4.69, 9.17) is 0 Å². The van der Waals surface area contributed by atoms with Crippen molar-refractivity contribution >= 4 is 17.8 Å². The first-order chi connectivity index (χ1) is 14.9. The zero-order chi connectivity index (χ0) is 21.7. The second kappa shape index (κ2) is 7.48. The van der Waals surface area contributed by atoms with Gasteiger partial charge in [-0.05, 0) is 48.1 Å². The fourth-order valence-corrected chi connectivity index (χ4v) is 4.35. The first-order valence-corrected chi connectivity index (χ1v) is 10.9. The van der Waals surface area contributed by atoms with Crippen molar-refractivity contribution in [3.63, 3.8) is 0 Å². The van der Waals surface area contributed by atoms with E-state index in [1.807, 2.05) is 43.0 Å². The average Bonchev–Trinajstić information content (AvgIpc) is 3.50. The average molecular weight is 418 g/mol. The highest BCUT2D eigenvalue weighted by molar-refractivity contribution is 6.02. The van der Waals surface area contributed by atoms with Gasteiger partial charge in [-0.25, -0.2) is 4.79 Å². The van der Waals surface area contributed by atoms with Gasteiger partial charge in [0.05, 0.1) is 12.2 Å². The molecule has 2 aromatic rings. The number of nitrogens with zero attached hydrogens (tertiary/aromatic N) is 4. The van der Waals surface area contributed by atoms with E-state index in [1.54, 1.807) is 11.1 Å². The molecule has 1 saturated heterocycles. The number of carbonyl (C=O) groups is 3. The maximum absolute atomic E-state index is 12.5. The van der Waals surface area contributed by atoms with Gasteiger partial charge in [-0.3, -0.25) is 19.5 Å². The summed E-state index contributed by atoms with van der Waals surface area (Å²) in [5.41, 5.74) is 4.62. The monoisotopic (exact) mass is 418 g/mol. The third-order valence-corrected chi connectivity index (χ3v) is 6.11. The quantitative estimate of drug-likeness (QED) is 0.675. The molecule has 160 valence electrons. The Hall–Kier alpha value is -3.22.